The summed E-state index contributed by atoms with van der Waals surface area (Å²) < 4.78 is 76.9. The average Bonchev–Trinajstić information content (AvgIpc) is 2.43. The Morgan fingerprint density at radius 1 is 1.05 bits per heavy atom. The van der Waals surface area contributed by atoms with Crippen LogP contribution in [0.1, 0.15) is 10.4 Å². The number of hydrogen-bond acceptors (Lipinski definition) is 7. The molecule has 0 aliphatic heterocycles. The Morgan fingerprint density at radius 3 is 1.82 bits per heavy atom. The summed E-state index contributed by atoms with van der Waals surface area (Å²) in [6, 6.07) is 1.58. The highest BCUT2D eigenvalue weighted by Crippen LogP contribution is 2.36. The first-order chi connectivity index (χ1) is 10.1. The van der Waals surface area contributed by atoms with Crippen molar-refractivity contribution < 1.29 is 44.8 Å². The Balaban J connectivity index is 3.40. The smallest absolute Gasteiger partial charge is 0.496 e. The summed E-state index contributed by atoms with van der Waals surface area (Å²) in [6.07, 6.45) is 0. The zero-order valence-electron chi connectivity index (χ0n) is 11.6. The number of ether oxygens (including phenoxy) is 3. The number of rotatable bonds is 5. The highest BCUT2D eigenvalue weighted by atomic mass is 32.2. The molecular formula is C11H11F3O7S. The molecule has 0 fully saturated rings. The summed E-state index contributed by atoms with van der Waals surface area (Å²) in [5.41, 5.74) is -5.83. The van der Waals surface area contributed by atoms with Crippen LogP contribution in [0, 0.1) is 0 Å². The maximum atomic E-state index is 12.3. The SMILES string of the molecule is COC(=O)c1c(OC)cc(OS(=O)(=O)C(F)(F)F)cc1OC. The largest absolute Gasteiger partial charge is 0.534 e. The molecule has 0 atom stereocenters. The van der Waals surface area contributed by atoms with Gasteiger partial charge in [0.15, 0.2) is 0 Å². The van der Waals surface area contributed by atoms with E-state index >= 15 is 0 Å². The topological polar surface area (TPSA) is 88.1 Å². The zero-order chi connectivity index (χ0) is 17.1. The highest BCUT2D eigenvalue weighted by Gasteiger charge is 2.48. The minimum Gasteiger partial charge on any atom is -0.496 e. The van der Waals surface area contributed by atoms with Gasteiger partial charge in [0.05, 0.1) is 21.3 Å². The van der Waals surface area contributed by atoms with E-state index in [4.69, 9.17) is 9.47 Å². The van der Waals surface area contributed by atoms with E-state index in [0.717, 1.165) is 33.5 Å². The molecule has 0 amide bonds. The highest BCUT2D eigenvalue weighted by molar-refractivity contribution is 7.88. The van der Waals surface area contributed by atoms with Crippen LogP contribution < -0.4 is 13.7 Å². The van der Waals surface area contributed by atoms with Crippen LogP contribution in [0.2, 0.25) is 0 Å². The van der Waals surface area contributed by atoms with Crippen LogP contribution in [0.4, 0.5) is 13.2 Å². The number of benzene rings is 1. The lowest BCUT2D eigenvalue weighted by Crippen LogP contribution is -2.28. The van der Waals surface area contributed by atoms with E-state index < -0.39 is 27.3 Å². The van der Waals surface area contributed by atoms with Gasteiger partial charge in [0.1, 0.15) is 22.8 Å². The fraction of sp³-hybridized carbons (Fsp3) is 0.364. The van der Waals surface area contributed by atoms with Gasteiger partial charge >= 0.3 is 21.6 Å². The maximum absolute atomic E-state index is 12.3. The third-order valence-electron chi connectivity index (χ3n) is 2.36. The quantitative estimate of drug-likeness (QED) is 0.456. The van der Waals surface area contributed by atoms with Crippen LogP contribution in [0.15, 0.2) is 12.1 Å². The number of esters is 1. The number of carbonyl (C=O) groups is 1. The number of hydrogen-bond donors (Lipinski definition) is 0. The Kier molecular flexibility index (Phi) is 5.12. The van der Waals surface area contributed by atoms with Crippen LogP contribution in [0.25, 0.3) is 0 Å². The molecule has 11 heteroatoms. The molecule has 0 aromatic heterocycles. The summed E-state index contributed by atoms with van der Waals surface area (Å²) in [5, 5.41) is 0. The molecule has 0 radical (unpaired) electrons. The van der Waals surface area contributed by atoms with Gasteiger partial charge in [-0.15, -0.1) is 0 Å². The van der Waals surface area contributed by atoms with Gasteiger partial charge in [-0.05, 0) is 0 Å². The number of alkyl halides is 3. The first-order valence-electron chi connectivity index (χ1n) is 5.42. The minimum atomic E-state index is -5.87. The lowest BCUT2D eigenvalue weighted by Gasteiger charge is -2.15. The molecule has 0 unspecified atom stereocenters. The maximum Gasteiger partial charge on any atom is 0.534 e. The van der Waals surface area contributed by atoms with Crippen molar-refractivity contribution in [3.05, 3.63) is 17.7 Å². The predicted octanol–water partition coefficient (Wildman–Crippen LogP) is 1.72. The molecule has 0 heterocycles. The van der Waals surface area contributed by atoms with E-state index in [-0.39, 0.29) is 17.1 Å². The zero-order valence-corrected chi connectivity index (χ0v) is 12.4. The third-order valence-corrected chi connectivity index (χ3v) is 3.34. The minimum absolute atomic E-state index is 0.232. The van der Waals surface area contributed by atoms with E-state index in [2.05, 4.69) is 8.92 Å². The lowest BCUT2D eigenvalue weighted by atomic mass is 10.1. The van der Waals surface area contributed by atoms with E-state index in [1.165, 1.54) is 0 Å². The first kappa shape index (κ1) is 17.9. The van der Waals surface area contributed by atoms with Crippen molar-refractivity contribution in [2.75, 3.05) is 21.3 Å². The predicted molar refractivity (Wildman–Crippen MR) is 66.5 cm³/mol. The summed E-state index contributed by atoms with van der Waals surface area (Å²) >= 11 is 0. The van der Waals surface area contributed by atoms with Crippen molar-refractivity contribution in [1.82, 2.24) is 0 Å². The molecule has 22 heavy (non-hydrogen) atoms. The van der Waals surface area contributed by atoms with Gasteiger partial charge in [0.25, 0.3) is 0 Å². The molecule has 7 nitrogen and oxygen atoms in total. The Bertz CT molecular complexity index is 642. The van der Waals surface area contributed by atoms with Crippen LogP contribution >= 0.6 is 0 Å². The van der Waals surface area contributed by atoms with Crippen molar-refractivity contribution in [1.29, 1.82) is 0 Å². The Labute approximate surface area is 123 Å². The number of carbonyl (C=O) groups excluding carboxylic acids is 1. The summed E-state index contributed by atoms with van der Waals surface area (Å²) in [5.74, 6) is -2.19. The molecule has 0 aliphatic carbocycles. The molecule has 1 rings (SSSR count). The Hall–Kier alpha value is -2.17. The molecule has 0 N–H and O–H groups in total. The van der Waals surface area contributed by atoms with E-state index in [9.17, 15) is 26.4 Å². The first-order valence-corrected chi connectivity index (χ1v) is 6.83. The van der Waals surface area contributed by atoms with Gasteiger partial charge in [0.2, 0.25) is 0 Å². The van der Waals surface area contributed by atoms with Crippen molar-refractivity contribution in [3.63, 3.8) is 0 Å². The molecule has 1 aromatic carbocycles. The second kappa shape index (κ2) is 6.30. The Morgan fingerprint density at radius 2 is 1.50 bits per heavy atom. The van der Waals surface area contributed by atoms with Gasteiger partial charge in [-0.2, -0.15) is 21.6 Å². The van der Waals surface area contributed by atoms with Gasteiger partial charge in [-0.3, -0.25) is 0 Å². The molecule has 0 saturated heterocycles. The van der Waals surface area contributed by atoms with Gasteiger partial charge < -0.3 is 18.4 Å². The monoisotopic (exact) mass is 344 g/mol. The van der Waals surface area contributed by atoms with Gasteiger partial charge in [-0.1, -0.05) is 0 Å². The van der Waals surface area contributed by atoms with E-state index in [1.807, 2.05) is 0 Å². The standard InChI is InChI=1S/C11H11F3O7S/c1-18-7-4-6(21-22(16,17)11(12,13)14)5-8(19-2)9(7)10(15)20-3/h4-5H,1-3H3. The lowest BCUT2D eigenvalue weighted by molar-refractivity contribution is -0.0500. The summed E-state index contributed by atoms with van der Waals surface area (Å²) in [6.45, 7) is 0. The molecule has 1 aromatic rings. The molecule has 0 spiro atoms. The van der Waals surface area contributed by atoms with Crippen molar-refractivity contribution >= 4 is 16.1 Å². The molecule has 124 valence electrons. The molecule has 0 aliphatic rings. The summed E-state index contributed by atoms with van der Waals surface area (Å²) in [7, 11) is -2.57. The fourth-order valence-electron chi connectivity index (χ4n) is 1.41. The van der Waals surface area contributed by atoms with Crippen LogP contribution in [-0.2, 0) is 14.9 Å². The van der Waals surface area contributed by atoms with Crippen LogP contribution in [0.3, 0.4) is 0 Å². The van der Waals surface area contributed by atoms with Crippen LogP contribution in [-0.4, -0.2) is 41.2 Å². The van der Waals surface area contributed by atoms with Gasteiger partial charge in [-0.25, -0.2) is 4.79 Å². The molecule has 0 saturated carbocycles. The molecule has 0 bridgehead atoms. The fourth-order valence-corrected chi connectivity index (χ4v) is 1.86. The summed E-state index contributed by atoms with van der Waals surface area (Å²) in [4.78, 5) is 11.6. The van der Waals surface area contributed by atoms with E-state index in [0.29, 0.717) is 0 Å². The second-order valence-electron chi connectivity index (χ2n) is 3.68. The normalized spacial score (nSPS) is 11.7. The third kappa shape index (κ3) is 3.53. The number of halogens is 3. The van der Waals surface area contributed by atoms with E-state index in [1.54, 1.807) is 0 Å². The molecular weight excluding hydrogens is 333 g/mol. The van der Waals surface area contributed by atoms with Crippen molar-refractivity contribution in [2.24, 2.45) is 0 Å². The second-order valence-corrected chi connectivity index (χ2v) is 5.22. The van der Waals surface area contributed by atoms with Crippen molar-refractivity contribution in [3.8, 4) is 17.2 Å². The average molecular weight is 344 g/mol. The van der Waals surface area contributed by atoms with Crippen LogP contribution in [0.5, 0.6) is 17.2 Å². The van der Waals surface area contributed by atoms with Crippen molar-refractivity contribution in [2.45, 2.75) is 5.51 Å². The van der Waals surface area contributed by atoms with Gasteiger partial charge in [0, 0.05) is 12.1 Å². The number of methoxy groups -OCH3 is 3.